The Kier molecular flexibility index (Phi) is 3.86. The van der Waals surface area contributed by atoms with Crippen molar-refractivity contribution < 1.29 is 4.74 Å². The predicted molar refractivity (Wildman–Crippen MR) is 69.5 cm³/mol. The quantitative estimate of drug-likeness (QED) is 0.765. The van der Waals surface area contributed by atoms with Gasteiger partial charge in [-0.05, 0) is 30.5 Å². The zero-order valence-corrected chi connectivity index (χ0v) is 11.7. The minimum atomic E-state index is 0.306. The largest absolute Gasteiger partial charge is 0.381 e. The molecule has 82 valence electrons. The summed E-state index contributed by atoms with van der Waals surface area (Å²) in [5.74, 6) is 0. The molecule has 0 amide bonds. The molecule has 1 atom stereocenters. The standard InChI is InChI=1S/C12H14Br2O/c13-8-12(4-5-15-9-12)7-10-2-1-3-11(14)6-10/h1-3,6H,4-5,7-9H2. The summed E-state index contributed by atoms with van der Waals surface area (Å²) in [6, 6.07) is 8.54. The first-order chi connectivity index (χ1) is 7.24. The molecule has 0 radical (unpaired) electrons. The van der Waals surface area contributed by atoms with Crippen LogP contribution in [0, 0.1) is 5.41 Å². The number of ether oxygens (including phenoxy) is 1. The molecule has 0 saturated carbocycles. The van der Waals surface area contributed by atoms with E-state index in [1.165, 1.54) is 5.56 Å². The number of benzene rings is 1. The van der Waals surface area contributed by atoms with Gasteiger partial charge in [-0.25, -0.2) is 0 Å². The first kappa shape index (κ1) is 11.6. The van der Waals surface area contributed by atoms with Gasteiger partial charge in [0.15, 0.2) is 0 Å². The molecule has 1 nitrogen and oxygen atoms in total. The lowest BCUT2D eigenvalue weighted by atomic mass is 9.83. The highest BCUT2D eigenvalue weighted by Gasteiger charge is 2.33. The normalized spacial score (nSPS) is 25.7. The van der Waals surface area contributed by atoms with E-state index >= 15 is 0 Å². The molecule has 15 heavy (non-hydrogen) atoms. The Morgan fingerprint density at radius 2 is 2.27 bits per heavy atom. The average molecular weight is 334 g/mol. The summed E-state index contributed by atoms with van der Waals surface area (Å²) >= 11 is 7.13. The molecule has 1 fully saturated rings. The topological polar surface area (TPSA) is 9.23 Å². The fourth-order valence-electron chi connectivity index (χ4n) is 2.02. The Morgan fingerprint density at radius 3 is 2.87 bits per heavy atom. The molecule has 1 unspecified atom stereocenters. The Bertz CT molecular complexity index is 332. The van der Waals surface area contributed by atoms with Gasteiger partial charge in [-0.3, -0.25) is 0 Å². The Balaban J connectivity index is 2.12. The lowest BCUT2D eigenvalue weighted by molar-refractivity contribution is 0.162. The minimum Gasteiger partial charge on any atom is -0.381 e. The Morgan fingerprint density at radius 1 is 1.40 bits per heavy atom. The first-order valence-corrected chi connectivity index (χ1v) is 7.04. The Labute approximate surface area is 107 Å². The van der Waals surface area contributed by atoms with E-state index in [2.05, 4.69) is 56.1 Å². The van der Waals surface area contributed by atoms with Crippen molar-refractivity contribution in [3.05, 3.63) is 34.3 Å². The molecule has 0 bridgehead atoms. The summed E-state index contributed by atoms with van der Waals surface area (Å²) in [6.07, 6.45) is 2.25. The SMILES string of the molecule is BrCC1(Cc2cccc(Br)c2)CCOC1. The summed E-state index contributed by atoms with van der Waals surface area (Å²) in [7, 11) is 0. The molecule has 0 spiro atoms. The maximum atomic E-state index is 5.51. The number of hydrogen-bond acceptors (Lipinski definition) is 1. The van der Waals surface area contributed by atoms with Gasteiger partial charge in [0.05, 0.1) is 6.61 Å². The molecule has 1 saturated heterocycles. The van der Waals surface area contributed by atoms with Gasteiger partial charge in [-0.1, -0.05) is 44.0 Å². The maximum absolute atomic E-state index is 5.51. The van der Waals surface area contributed by atoms with Crippen LogP contribution in [0.5, 0.6) is 0 Å². The van der Waals surface area contributed by atoms with Crippen molar-refractivity contribution in [2.24, 2.45) is 5.41 Å². The van der Waals surface area contributed by atoms with Gasteiger partial charge >= 0.3 is 0 Å². The van der Waals surface area contributed by atoms with Crippen molar-refractivity contribution in [1.82, 2.24) is 0 Å². The van der Waals surface area contributed by atoms with Crippen LogP contribution < -0.4 is 0 Å². The van der Waals surface area contributed by atoms with Crippen molar-refractivity contribution in [3.8, 4) is 0 Å². The molecule has 0 aromatic heterocycles. The highest BCUT2D eigenvalue weighted by molar-refractivity contribution is 9.10. The van der Waals surface area contributed by atoms with E-state index in [0.29, 0.717) is 5.41 Å². The van der Waals surface area contributed by atoms with Crippen LogP contribution in [0.2, 0.25) is 0 Å². The van der Waals surface area contributed by atoms with E-state index in [-0.39, 0.29) is 0 Å². The highest BCUT2D eigenvalue weighted by atomic mass is 79.9. The number of rotatable bonds is 3. The third kappa shape index (κ3) is 2.83. The number of hydrogen-bond donors (Lipinski definition) is 0. The van der Waals surface area contributed by atoms with Gasteiger partial charge in [-0.15, -0.1) is 0 Å². The smallest absolute Gasteiger partial charge is 0.0534 e. The van der Waals surface area contributed by atoms with Crippen molar-refractivity contribution in [2.75, 3.05) is 18.5 Å². The molecule has 1 aromatic rings. The first-order valence-electron chi connectivity index (χ1n) is 5.12. The highest BCUT2D eigenvalue weighted by Crippen LogP contribution is 2.34. The van der Waals surface area contributed by atoms with Crippen molar-refractivity contribution in [1.29, 1.82) is 0 Å². The fraction of sp³-hybridized carbons (Fsp3) is 0.500. The second-order valence-electron chi connectivity index (χ2n) is 4.24. The molecular formula is C12H14Br2O. The van der Waals surface area contributed by atoms with E-state index in [9.17, 15) is 0 Å². The zero-order valence-electron chi connectivity index (χ0n) is 8.51. The van der Waals surface area contributed by atoms with E-state index in [4.69, 9.17) is 4.74 Å². The molecule has 3 heteroatoms. The van der Waals surface area contributed by atoms with Crippen LogP contribution in [0.15, 0.2) is 28.7 Å². The lowest BCUT2D eigenvalue weighted by Crippen LogP contribution is -2.25. The lowest BCUT2D eigenvalue weighted by Gasteiger charge is -2.24. The predicted octanol–water partition coefficient (Wildman–Crippen LogP) is 3.79. The second kappa shape index (κ2) is 4.98. The Hall–Kier alpha value is 0.140. The zero-order chi connectivity index (χ0) is 10.7. The molecule has 2 rings (SSSR count). The molecule has 1 aliphatic rings. The monoisotopic (exact) mass is 332 g/mol. The van der Waals surface area contributed by atoms with E-state index < -0.39 is 0 Å². The average Bonchev–Trinajstić information content (AvgIpc) is 2.67. The van der Waals surface area contributed by atoms with Crippen LogP contribution in [0.3, 0.4) is 0 Å². The van der Waals surface area contributed by atoms with Crippen LogP contribution >= 0.6 is 31.9 Å². The molecular weight excluding hydrogens is 320 g/mol. The van der Waals surface area contributed by atoms with E-state index in [1.54, 1.807) is 0 Å². The van der Waals surface area contributed by atoms with Gasteiger partial charge in [-0.2, -0.15) is 0 Å². The van der Waals surface area contributed by atoms with Gasteiger partial charge in [0.25, 0.3) is 0 Å². The summed E-state index contributed by atoms with van der Waals surface area (Å²) in [5.41, 5.74) is 1.69. The molecule has 1 aromatic carbocycles. The minimum absolute atomic E-state index is 0.306. The van der Waals surface area contributed by atoms with E-state index in [1.807, 2.05) is 0 Å². The van der Waals surface area contributed by atoms with E-state index in [0.717, 1.165) is 35.9 Å². The van der Waals surface area contributed by atoms with Crippen molar-refractivity contribution in [3.63, 3.8) is 0 Å². The molecule has 1 heterocycles. The fourth-order valence-corrected chi connectivity index (χ4v) is 3.11. The third-order valence-electron chi connectivity index (χ3n) is 2.94. The van der Waals surface area contributed by atoms with Crippen LogP contribution in [0.1, 0.15) is 12.0 Å². The molecule has 0 N–H and O–H groups in total. The van der Waals surface area contributed by atoms with Gasteiger partial charge < -0.3 is 4.74 Å². The van der Waals surface area contributed by atoms with Crippen LogP contribution in [0.25, 0.3) is 0 Å². The summed E-state index contributed by atoms with van der Waals surface area (Å²) in [6.45, 7) is 1.78. The van der Waals surface area contributed by atoms with Crippen molar-refractivity contribution in [2.45, 2.75) is 12.8 Å². The van der Waals surface area contributed by atoms with Crippen LogP contribution in [0.4, 0.5) is 0 Å². The van der Waals surface area contributed by atoms with Gasteiger partial charge in [0.2, 0.25) is 0 Å². The van der Waals surface area contributed by atoms with Gasteiger partial charge in [0, 0.05) is 21.8 Å². The van der Waals surface area contributed by atoms with Crippen molar-refractivity contribution >= 4 is 31.9 Å². The number of halogens is 2. The summed E-state index contributed by atoms with van der Waals surface area (Å²) in [4.78, 5) is 0. The molecule has 0 aliphatic carbocycles. The van der Waals surface area contributed by atoms with Gasteiger partial charge in [0.1, 0.15) is 0 Å². The third-order valence-corrected chi connectivity index (χ3v) is 4.62. The number of alkyl halides is 1. The second-order valence-corrected chi connectivity index (χ2v) is 5.72. The van der Waals surface area contributed by atoms with Crippen LogP contribution in [-0.2, 0) is 11.2 Å². The van der Waals surface area contributed by atoms with Crippen LogP contribution in [-0.4, -0.2) is 18.5 Å². The summed E-state index contributed by atoms with van der Waals surface area (Å²) < 4.78 is 6.67. The summed E-state index contributed by atoms with van der Waals surface area (Å²) in [5, 5.41) is 1.02. The maximum Gasteiger partial charge on any atom is 0.0534 e. The molecule has 1 aliphatic heterocycles.